The zero-order chi connectivity index (χ0) is 10.3. The topological polar surface area (TPSA) is 42.7 Å². The second-order valence-electron chi connectivity index (χ2n) is 4.79. The van der Waals surface area contributed by atoms with Crippen molar-refractivity contribution in [2.45, 2.75) is 38.6 Å². The maximum absolute atomic E-state index is 4.39. The van der Waals surface area contributed by atoms with E-state index < -0.39 is 0 Å². The molecule has 0 saturated carbocycles. The van der Waals surface area contributed by atoms with E-state index in [1.165, 1.54) is 24.5 Å². The van der Waals surface area contributed by atoms with Gasteiger partial charge < -0.3 is 9.88 Å². The van der Waals surface area contributed by atoms with Crippen LogP contribution in [0.3, 0.4) is 0 Å². The van der Waals surface area contributed by atoms with Crippen molar-refractivity contribution in [2.24, 2.45) is 5.92 Å². The van der Waals surface area contributed by atoms with E-state index in [1.54, 1.807) is 0 Å². The Morgan fingerprint density at radius 1 is 1.33 bits per heavy atom. The lowest BCUT2D eigenvalue weighted by Gasteiger charge is -2.32. The summed E-state index contributed by atoms with van der Waals surface area (Å²) < 4.78 is 2.35. The molecule has 2 aliphatic rings. The molecule has 0 aliphatic carbocycles. The van der Waals surface area contributed by atoms with E-state index in [4.69, 9.17) is 0 Å². The number of hydrogen-bond donors (Lipinski definition) is 1. The number of fused-ring (bicyclic) bond motifs is 1. The molecule has 1 atom stereocenters. The molecule has 1 unspecified atom stereocenters. The molecule has 15 heavy (non-hydrogen) atoms. The van der Waals surface area contributed by atoms with Crippen LogP contribution in [0.4, 0.5) is 0 Å². The van der Waals surface area contributed by atoms with Crippen LogP contribution in [0.25, 0.3) is 0 Å². The van der Waals surface area contributed by atoms with Gasteiger partial charge in [0.2, 0.25) is 0 Å². The fraction of sp³-hybridized carbons (Fsp3) is 0.818. The van der Waals surface area contributed by atoms with Crippen LogP contribution in [0.5, 0.6) is 0 Å². The quantitative estimate of drug-likeness (QED) is 0.783. The Bertz CT molecular complexity index is 353. The van der Waals surface area contributed by atoms with Crippen molar-refractivity contribution in [2.75, 3.05) is 13.1 Å². The molecule has 0 spiro atoms. The molecule has 0 bridgehead atoms. The Balaban J connectivity index is 1.87. The Morgan fingerprint density at radius 3 is 2.93 bits per heavy atom. The molecule has 4 heteroatoms. The largest absolute Gasteiger partial charge is 0.316 e. The molecule has 3 rings (SSSR count). The Morgan fingerprint density at radius 2 is 2.20 bits per heavy atom. The standard InChI is InChI=1S/C11H18N4/c1-8(9-6-12-7-9)11-14-13-10-4-2-3-5-15(10)11/h8-9,12H,2-7H2,1H3. The van der Waals surface area contributed by atoms with Crippen LogP contribution in [0.15, 0.2) is 0 Å². The minimum absolute atomic E-state index is 0.561. The zero-order valence-electron chi connectivity index (χ0n) is 9.24. The van der Waals surface area contributed by atoms with Gasteiger partial charge in [0.05, 0.1) is 0 Å². The predicted molar refractivity (Wildman–Crippen MR) is 57.7 cm³/mol. The Kier molecular flexibility index (Phi) is 2.24. The molecule has 1 N–H and O–H groups in total. The third-order valence-electron chi connectivity index (χ3n) is 3.82. The Hall–Kier alpha value is -0.900. The fourth-order valence-corrected chi connectivity index (χ4v) is 2.54. The zero-order valence-corrected chi connectivity index (χ0v) is 9.24. The van der Waals surface area contributed by atoms with Gasteiger partial charge >= 0.3 is 0 Å². The summed E-state index contributed by atoms with van der Waals surface area (Å²) in [5.74, 6) is 3.75. The van der Waals surface area contributed by atoms with Gasteiger partial charge in [-0.2, -0.15) is 0 Å². The van der Waals surface area contributed by atoms with E-state index in [-0.39, 0.29) is 0 Å². The van der Waals surface area contributed by atoms with Crippen LogP contribution in [-0.4, -0.2) is 27.9 Å². The molecule has 0 aromatic carbocycles. The van der Waals surface area contributed by atoms with E-state index in [2.05, 4.69) is 27.0 Å². The Labute approximate surface area is 90.1 Å². The smallest absolute Gasteiger partial charge is 0.136 e. The average Bonchev–Trinajstić information content (AvgIpc) is 2.58. The second-order valence-corrected chi connectivity index (χ2v) is 4.79. The highest BCUT2D eigenvalue weighted by atomic mass is 15.3. The van der Waals surface area contributed by atoms with Crippen molar-refractivity contribution in [1.29, 1.82) is 0 Å². The van der Waals surface area contributed by atoms with E-state index in [0.29, 0.717) is 5.92 Å². The van der Waals surface area contributed by atoms with Gasteiger partial charge in [-0.1, -0.05) is 6.92 Å². The first kappa shape index (κ1) is 9.33. The van der Waals surface area contributed by atoms with Crippen molar-refractivity contribution < 1.29 is 0 Å². The second kappa shape index (κ2) is 3.59. The lowest BCUT2D eigenvalue weighted by Crippen LogP contribution is -2.45. The summed E-state index contributed by atoms with van der Waals surface area (Å²) in [5.41, 5.74) is 0. The molecule has 1 aromatic rings. The van der Waals surface area contributed by atoms with Gasteiger partial charge in [-0.25, -0.2) is 0 Å². The van der Waals surface area contributed by atoms with Crippen molar-refractivity contribution in [3.63, 3.8) is 0 Å². The summed E-state index contributed by atoms with van der Waals surface area (Å²) in [5, 5.41) is 12.0. The highest BCUT2D eigenvalue weighted by Crippen LogP contribution is 2.27. The number of nitrogens with zero attached hydrogens (tertiary/aromatic N) is 3. The van der Waals surface area contributed by atoms with Crippen LogP contribution < -0.4 is 5.32 Å². The van der Waals surface area contributed by atoms with Crippen LogP contribution in [0, 0.1) is 5.92 Å². The third kappa shape index (κ3) is 1.47. The fourth-order valence-electron chi connectivity index (χ4n) is 2.54. The normalized spacial score (nSPS) is 23.3. The monoisotopic (exact) mass is 206 g/mol. The van der Waals surface area contributed by atoms with Crippen molar-refractivity contribution in [1.82, 2.24) is 20.1 Å². The van der Waals surface area contributed by atoms with Gasteiger partial charge in [-0.3, -0.25) is 0 Å². The van der Waals surface area contributed by atoms with Gasteiger partial charge in [0.1, 0.15) is 11.6 Å². The summed E-state index contributed by atoms with van der Waals surface area (Å²) in [6, 6.07) is 0. The van der Waals surface area contributed by atoms with Gasteiger partial charge in [-0.15, -0.1) is 10.2 Å². The van der Waals surface area contributed by atoms with Crippen LogP contribution >= 0.6 is 0 Å². The summed E-state index contributed by atoms with van der Waals surface area (Å²) in [7, 11) is 0. The predicted octanol–water partition coefficient (Wildman–Crippen LogP) is 0.937. The van der Waals surface area contributed by atoms with Crippen molar-refractivity contribution >= 4 is 0 Å². The molecule has 1 saturated heterocycles. The number of aryl methyl sites for hydroxylation is 1. The van der Waals surface area contributed by atoms with E-state index >= 15 is 0 Å². The average molecular weight is 206 g/mol. The molecule has 2 aliphatic heterocycles. The number of rotatable bonds is 2. The lowest BCUT2D eigenvalue weighted by molar-refractivity contribution is 0.288. The van der Waals surface area contributed by atoms with Crippen LogP contribution in [0.1, 0.15) is 37.3 Å². The molecule has 3 heterocycles. The first-order chi connectivity index (χ1) is 7.36. The summed E-state index contributed by atoms with van der Waals surface area (Å²) in [6.45, 7) is 5.70. The molecule has 0 amide bonds. The lowest BCUT2D eigenvalue weighted by atomic mass is 9.88. The molecule has 82 valence electrons. The maximum Gasteiger partial charge on any atom is 0.136 e. The maximum atomic E-state index is 4.39. The van der Waals surface area contributed by atoms with E-state index in [1.807, 2.05) is 0 Å². The highest BCUT2D eigenvalue weighted by molar-refractivity contribution is 5.06. The molecule has 0 radical (unpaired) electrons. The molecular weight excluding hydrogens is 188 g/mol. The molecule has 1 fully saturated rings. The van der Waals surface area contributed by atoms with Gasteiger partial charge in [0.25, 0.3) is 0 Å². The van der Waals surface area contributed by atoms with Crippen LogP contribution in [0.2, 0.25) is 0 Å². The molecule has 4 nitrogen and oxygen atoms in total. The molecular formula is C11H18N4. The number of aromatic nitrogens is 3. The van der Waals surface area contributed by atoms with Gasteiger partial charge in [0, 0.05) is 18.9 Å². The minimum atomic E-state index is 0.561. The highest BCUT2D eigenvalue weighted by Gasteiger charge is 2.29. The number of hydrogen-bond acceptors (Lipinski definition) is 3. The SMILES string of the molecule is CC(c1nnc2n1CCCC2)C1CNC1. The van der Waals surface area contributed by atoms with E-state index in [9.17, 15) is 0 Å². The van der Waals surface area contributed by atoms with Gasteiger partial charge in [0.15, 0.2) is 0 Å². The molecule has 1 aromatic heterocycles. The summed E-state index contributed by atoms with van der Waals surface area (Å²) in [4.78, 5) is 0. The number of nitrogens with one attached hydrogen (secondary N) is 1. The van der Waals surface area contributed by atoms with Gasteiger partial charge in [-0.05, 0) is 31.8 Å². The van der Waals surface area contributed by atoms with Crippen LogP contribution in [-0.2, 0) is 13.0 Å². The third-order valence-corrected chi connectivity index (χ3v) is 3.82. The summed E-state index contributed by atoms with van der Waals surface area (Å²) >= 11 is 0. The first-order valence-corrected chi connectivity index (χ1v) is 5.99. The van der Waals surface area contributed by atoms with E-state index in [0.717, 1.165) is 32.0 Å². The summed E-state index contributed by atoms with van der Waals surface area (Å²) in [6.07, 6.45) is 3.67. The minimum Gasteiger partial charge on any atom is -0.316 e. The van der Waals surface area contributed by atoms with Crippen molar-refractivity contribution in [3.05, 3.63) is 11.6 Å². The first-order valence-electron chi connectivity index (χ1n) is 5.99. The van der Waals surface area contributed by atoms with Crippen molar-refractivity contribution in [3.8, 4) is 0 Å².